The van der Waals surface area contributed by atoms with Crippen LogP contribution < -0.4 is 19.7 Å². The number of methoxy groups -OCH3 is 1. The number of rotatable bonds is 8. The van der Waals surface area contributed by atoms with E-state index < -0.39 is 10.0 Å². The molecule has 1 aliphatic heterocycles. The maximum absolute atomic E-state index is 12.0. The molecular weight excluding hydrogens is 498 g/mol. The summed E-state index contributed by atoms with van der Waals surface area (Å²) in [5.41, 5.74) is 2.85. The first-order valence-corrected chi connectivity index (χ1v) is 13.5. The Bertz CT molecular complexity index is 1470. The summed E-state index contributed by atoms with van der Waals surface area (Å²) in [6.07, 6.45) is 6.50. The van der Waals surface area contributed by atoms with Gasteiger partial charge in [-0.25, -0.2) is 8.42 Å². The molecule has 0 unspecified atom stereocenters. The van der Waals surface area contributed by atoms with Gasteiger partial charge >= 0.3 is 0 Å². The molecule has 5 rings (SSSR count). The Hall–Kier alpha value is -3.83. The lowest BCUT2D eigenvalue weighted by Gasteiger charge is -2.29. The Labute approximate surface area is 214 Å². The van der Waals surface area contributed by atoms with Crippen molar-refractivity contribution in [3.8, 4) is 5.75 Å². The standard InChI is InChI=1S/C25H25N5O4S2/c1-33-22-11-10-17(15-20(22)28-36(2,31)32)30-24(23(27-25(30)35)19-8-3-4-12-26-19)21-9-5-13-29(21)16-18-7-6-14-34-18/h3-15,23-24,28H,16H2,1-2H3,(H,27,35)/t23-,24-/m0/s1. The van der Waals surface area contributed by atoms with Gasteiger partial charge in [-0.1, -0.05) is 6.07 Å². The Balaban J connectivity index is 1.62. The molecule has 4 aromatic rings. The van der Waals surface area contributed by atoms with Crippen LogP contribution in [0.2, 0.25) is 0 Å². The number of anilines is 2. The Morgan fingerprint density at radius 1 is 1.17 bits per heavy atom. The fraction of sp³-hybridized carbons (Fsp3) is 0.200. The second-order valence-electron chi connectivity index (χ2n) is 8.40. The van der Waals surface area contributed by atoms with Crippen LogP contribution in [0.15, 0.2) is 83.7 Å². The first-order chi connectivity index (χ1) is 17.3. The summed E-state index contributed by atoms with van der Waals surface area (Å²) in [7, 11) is -2.04. The van der Waals surface area contributed by atoms with Crippen molar-refractivity contribution < 1.29 is 17.6 Å². The fourth-order valence-electron chi connectivity index (χ4n) is 4.47. The van der Waals surface area contributed by atoms with Gasteiger partial charge in [-0.15, -0.1) is 0 Å². The van der Waals surface area contributed by atoms with E-state index in [1.54, 1.807) is 24.6 Å². The Morgan fingerprint density at radius 3 is 2.72 bits per heavy atom. The number of nitrogens with one attached hydrogen (secondary N) is 2. The van der Waals surface area contributed by atoms with Gasteiger partial charge in [0.15, 0.2) is 5.11 Å². The van der Waals surface area contributed by atoms with E-state index in [1.165, 1.54) is 7.11 Å². The summed E-state index contributed by atoms with van der Waals surface area (Å²) in [5.74, 6) is 1.23. The largest absolute Gasteiger partial charge is 0.495 e. The van der Waals surface area contributed by atoms with Crippen molar-refractivity contribution in [3.63, 3.8) is 0 Å². The van der Waals surface area contributed by atoms with E-state index >= 15 is 0 Å². The number of benzene rings is 1. The summed E-state index contributed by atoms with van der Waals surface area (Å²) in [6.45, 7) is 0.546. The number of hydrogen-bond donors (Lipinski definition) is 2. The van der Waals surface area contributed by atoms with Gasteiger partial charge in [0.1, 0.15) is 17.6 Å². The Kier molecular flexibility index (Phi) is 6.42. The van der Waals surface area contributed by atoms with Gasteiger partial charge in [0.2, 0.25) is 10.0 Å². The number of ether oxygens (including phenoxy) is 1. The SMILES string of the molecule is COc1ccc(N2C(=S)N[C@@H](c3ccccn3)[C@@H]2c2cccn2Cc2ccco2)cc1NS(C)(=O)=O. The fourth-order valence-corrected chi connectivity index (χ4v) is 5.37. The third-order valence-electron chi connectivity index (χ3n) is 5.93. The minimum Gasteiger partial charge on any atom is -0.495 e. The number of thiocarbonyl (C=S) groups is 1. The van der Waals surface area contributed by atoms with Gasteiger partial charge in [0, 0.05) is 23.8 Å². The van der Waals surface area contributed by atoms with Crippen molar-refractivity contribution in [2.75, 3.05) is 23.0 Å². The average Bonchev–Trinajstić information content (AvgIpc) is 3.59. The molecular formula is C25H25N5O4S2. The second kappa shape index (κ2) is 9.67. The highest BCUT2D eigenvalue weighted by molar-refractivity contribution is 7.92. The van der Waals surface area contributed by atoms with Crippen LogP contribution in [0, 0.1) is 0 Å². The molecule has 186 valence electrons. The maximum atomic E-state index is 12.0. The van der Waals surface area contributed by atoms with Crippen molar-refractivity contribution in [2.24, 2.45) is 0 Å². The van der Waals surface area contributed by atoms with Crippen molar-refractivity contribution in [1.82, 2.24) is 14.9 Å². The van der Waals surface area contributed by atoms with Gasteiger partial charge in [-0.2, -0.15) is 0 Å². The van der Waals surface area contributed by atoms with Gasteiger partial charge in [-0.3, -0.25) is 9.71 Å². The topological polar surface area (TPSA) is 102 Å². The quantitative estimate of drug-likeness (QED) is 0.333. The molecule has 0 radical (unpaired) electrons. The minimum absolute atomic E-state index is 0.252. The number of aromatic nitrogens is 2. The molecule has 2 N–H and O–H groups in total. The van der Waals surface area contributed by atoms with E-state index in [2.05, 4.69) is 19.6 Å². The monoisotopic (exact) mass is 523 g/mol. The van der Waals surface area contributed by atoms with Gasteiger partial charge in [0.05, 0.1) is 43.6 Å². The molecule has 0 aliphatic carbocycles. The molecule has 2 atom stereocenters. The summed E-state index contributed by atoms with van der Waals surface area (Å²) < 4.78 is 39.6. The first-order valence-electron chi connectivity index (χ1n) is 11.2. The molecule has 1 fully saturated rings. The molecule has 11 heteroatoms. The van der Waals surface area contributed by atoms with Gasteiger partial charge in [0.25, 0.3) is 0 Å². The summed E-state index contributed by atoms with van der Waals surface area (Å²) in [6, 6.07) is 18.4. The third kappa shape index (κ3) is 4.79. The predicted octanol–water partition coefficient (Wildman–Crippen LogP) is 4.08. The molecule has 1 aliphatic rings. The van der Waals surface area contributed by atoms with Crippen LogP contribution in [-0.4, -0.2) is 36.4 Å². The summed E-state index contributed by atoms with van der Waals surface area (Å²) in [4.78, 5) is 6.58. The number of pyridine rings is 1. The van der Waals surface area contributed by atoms with Gasteiger partial charge in [-0.05, 0) is 66.8 Å². The normalized spacial score (nSPS) is 17.7. The molecule has 1 saturated heterocycles. The molecule has 0 amide bonds. The van der Waals surface area contributed by atoms with E-state index in [0.29, 0.717) is 28.8 Å². The average molecular weight is 524 g/mol. The van der Waals surface area contributed by atoms with Crippen LogP contribution in [0.25, 0.3) is 0 Å². The van der Waals surface area contributed by atoms with Crippen LogP contribution in [0.3, 0.4) is 0 Å². The van der Waals surface area contributed by atoms with Crippen molar-refractivity contribution >= 4 is 38.7 Å². The summed E-state index contributed by atoms with van der Waals surface area (Å²) in [5, 5.41) is 3.92. The van der Waals surface area contributed by atoms with E-state index in [9.17, 15) is 8.42 Å². The molecule has 0 spiro atoms. The van der Waals surface area contributed by atoms with Crippen LogP contribution in [0.5, 0.6) is 5.75 Å². The second-order valence-corrected chi connectivity index (χ2v) is 10.5. The molecule has 3 aromatic heterocycles. The first kappa shape index (κ1) is 23.9. The van der Waals surface area contributed by atoms with Crippen LogP contribution in [0.1, 0.15) is 29.2 Å². The van der Waals surface area contributed by atoms with E-state index in [1.807, 2.05) is 59.6 Å². The number of nitrogens with zero attached hydrogens (tertiary/aromatic N) is 3. The highest BCUT2D eigenvalue weighted by Gasteiger charge is 2.42. The van der Waals surface area contributed by atoms with Crippen LogP contribution in [0.4, 0.5) is 11.4 Å². The minimum atomic E-state index is -3.53. The van der Waals surface area contributed by atoms with E-state index in [-0.39, 0.29) is 12.1 Å². The highest BCUT2D eigenvalue weighted by atomic mass is 32.2. The van der Waals surface area contributed by atoms with E-state index in [0.717, 1.165) is 23.4 Å². The predicted molar refractivity (Wildman–Crippen MR) is 142 cm³/mol. The van der Waals surface area contributed by atoms with Crippen molar-refractivity contribution in [3.05, 3.63) is 96.5 Å². The highest BCUT2D eigenvalue weighted by Crippen LogP contribution is 2.43. The number of sulfonamides is 1. The summed E-state index contributed by atoms with van der Waals surface area (Å²) >= 11 is 5.81. The molecule has 4 heterocycles. The van der Waals surface area contributed by atoms with Crippen LogP contribution >= 0.6 is 12.2 Å². The zero-order chi connectivity index (χ0) is 25.3. The van der Waals surface area contributed by atoms with E-state index in [4.69, 9.17) is 21.4 Å². The molecule has 9 nitrogen and oxygen atoms in total. The maximum Gasteiger partial charge on any atom is 0.229 e. The lowest BCUT2D eigenvalue weighted by molar-refractivity contribution is 0.417. The lowest BCUT2D eigenvalue weighted by atomic mass is 10.0. The zero-order valence-electron chi connectivity index (χ0n) is 19.7. The Morgan fingerprint density at radius 2 is 2.03 bits per heavy atom. The van der Waals surface area contributed by atoms with Gasteiger partial charge < -0.3 is 23.9 Å². The molecule has 1 aromatic carbocycles. The molecule has 0 bridgehead atoms. The molecule has 0 saturated carbocycles. The molecule has 36 heavy (non-hydrogen) atoms. The third-order valence-corrected chi connectivity index (χ3v) is 6.83. The number of furan rings is 1. The number of hydrogen-bond acceptors (Lipinski definition) is 6. The van der Waals surface area contributed by atoms with Crippen LogP contribution in [-0.2, 0) is 16.6 Å². The lowest BCUT2D eigenvalue weighted by Crippen LogP contribution is -2.30. The van der Waals surface area contributed by atoms with Crippen molar-refractivity contribution in [2.45, 2.75) is 18.6 Å². The van der Waals surface area contributed by atoms with Crippen molar-refractivity contribution in [1.29, 1.82) is 0 Å². The smallest absolute Gasteiger partial charge is 0.229 e. The zero-order valence-corrected chi connectivity index (χ0v) is 21.3.